The van der Waals surface area contributed by atoms with E-state index in [9.17, 15) is 18.0 Å². The van der Waals surface area contributed by atoms with Gasteiger partial charge in [-0.3, -0.25) is 19.7 Å². The molecule has 0 saturated carbocycles. The number of alkyl halides is 3. The molecule has 9 nitrogen and oxygen atoms in total. The number of aliphatic imine (C=N–C) groups is 2. The van der Waals surface area contributed by atoms with Crippen molar-refractivity contribution >= 4 is 23.4 Å². The molecule has 0 unspecified atom stereocenters. The van der Waals surface area contributed by atoms with Gasteiger partial charge in [-0.25, -0.2) is 0 Å². The second-order valence-electron chi connectivity index (χ2n) is 8.19. The minimum Gasteiger partial charge on any atom is -0.337 e. The number of piperazine rings is 1. The molecule has 0 bridgehead atoms. The van der Waals surface area contributed by atoms with E-state index >= 15 is 0 Å². The Hall–Kier alpha value is -3.41. The number of amides is 1. The lowest BCUT2D eigenvalue weighted by molar-refractivity contribution is -0.137. The quantitative estimate of drug-likeness (QED) is 0.439. The molecule has 1 saturated heterocycles. The smallest absolute Gasteiger partial charge is 0.337 e. The number of nitrogens with zero attached hydrogens (tertiary/aromatic N) is 8. The van der Waals surface area contributed by atoms with Crippen LogP contribution in [0.3, 0.4) is 0 Å². The fourth-order valence-corrected chi connectivity index (χ4v) is 3.70. The highest BCUT2D eigenvalue weighted by molar-refractivity contribution is 6.42. The number of aromatic nitrogens is 4. The number of hydrogen-bond acceptors (Lipinski definition) is 7. The van der Waals surface area contributed by atoms with Crippen molar-refractivity contribution < 1.29 is 18.0 Å². The summed E-state index contributed by atoms with van der Waals surface area (Å²) < 4.78 is 39.8. The van der Waals surface area contributed by atoms with Gasteiger partial charge in [-0.15, -0.1) is 10.2 Å². The molecule has 0 radical (unpaired) electrons. The summed E-state index contributed by atoms with van der Waals surface area (Å²) in [6, 6.07) is 3.41. The SMILES string of the molecule is C/N=C(C)\C(CN1CCN(C(=O)/C=C/c2ccc(C(F)(F)F)cc2Cn2nnc(C)n2)CC1)=N/C. The van der Waals surface area contributed by atoms with Crippen LogP contribution in [0.25, 0.3) is 6.08 Å². The van der Waals surface area contributed by atoms with Crippen LogP contribution in [0.2, 0.25) is 0 Å². The highest BCUT2D eigenvalue weighted by Gasteiger charge is 2.31. The normalized spacial score (nSPS) is 16.4. The van der Waals surface area contributed by atoms with Crippen LogP contribution >= 0.6 is 0 Å². The highest BCUT2D eigenvalue weighted by atomic mass is 19.4. The summed E-state index contributed by atoms with van der Waals surface area (Å²) in [5, 5.41) is 11.6. The number of benzene rings is 1. The molecule has 2 heterocycles. The van der Waals surface area contributed by atoms with E-state index in [1.165, 1.54) is 23.0 Å². The summed E-state index contributed by atoms with van der Waals surface area (Å²) in [5.41, 5.74) is 1.85. The van der Waals surface area contributed by atoms with Gasteiger partial charge < -0.3 is 4.90 Å². The van der Waals surface area contributed by atoms with Gasteiger partial charge in [0.05, 0.1) is 23.5 Å². The minimum atomic E-state index is -4.48. The van der Waals surface area contributed by atoms with Crippen molar-refractivity contribution in [2.45, 2.75) is 26.6 Å². The Kier molecular flexibility index (Phi) is 8.49. The number of rotatable bonds is 7. The maximum Gasteiger partial charge on any atom is 0.416 e. The van der Waals surface area contributed by atoms with Crippen LogP contribution in [0.5, 0.6) is 0 Å². The third-order valence-electron chi connectivity index (χ3n) is 5.82. The standard InChI is InChI=1S/C23H29F3N8O/c1-16(27-3)21(28-4)15-32-9-11-33(12-10-32)22(35)8-6-18-5-7-20(23(24,25)26)13-19(18)14-34-30-17(2)29-31-34/h5-8,13H,9-12,14-15H2,1-4H3/b8-6+,27-16-,28-21-. The zero-order valence-corrected chi connectivity index (χ0v) is 20.2. The van der Waals surface area contributed by atoms with Crippen LogP contribution in [-0.2, 0) is 17.5 Å². The van der Waals surface area contributed by atoms with Gasteiger partial charge in [-0.2, -0.15) is 18.0 Å². The summed E-state index contributed by atoms with van der Waals surface area (Å²) >= 11 is 0. The average Bonchev–Trinajstić information content (AvgIpc) is 3.25. The van der Waals surface area contributed by atoms with E-state index < -0.39 is 11.7 Å². The largest absolute Gasteiger partial charge is 0.416 e. The number of hydrogen-bond donors (Lipinski definition) is 0. The molecule has 2 aromatic rings. The van der Waals surface area contributed by atoms with Crippen molar-refractivity contribution in [1.82, 2.24) is 30.0 Å². The summed E-state index contributed by atoms with van der Waals surface area (Å²) in [5.74, 6) is 0.221. The van der Waals surface area contributed by atoms with Crippen LogP contribution in [0.15, 0.2) is 34.3 Å². The van der Waals surface area contributed by atoms with Gasteiger partial charge in [0.15, 0.2) is 5.82 Å². The number of tetrazole rings is 1. The zero-order valence-electron chi connectivity index (χ0n) is 20.2. The molecule has 1 aromatic carbocycles. The Bertz CT molecular complexity index is 1130. The Morgan fingerprint density at radius 1 is 1.14 bits per heavy atom. The Labute approximate surface area is 202 Å². The molecule has 1 amide bonds. The third kappa shape index (κ3) is 7.04. The van der Waals surface area contributed by atoms with Gasteiger partial charge in [0, 0.05) is 52.9 Å². The second kappa shape index (κ2) is 11.3. The van der Waals surface area contributed by atoms with Crippen LogP contribution < -0.4 is 0 Å². The summed E-state index contributed by atoms with van der Waals surface area (Å²) in [4.78, 5) is 26.4. The van der Waals surface area contributed by atoms with Crippen molar-refractivity contribution in [3.8, 4) is 0 Å². The first kappa shape index (κ1) is 26.2. The molecule has 0 atom stereocenters. The lowest BCUT2D eigenvalue weighted by Crippen LogP contribution is -2.50. The molecular formula is C23H29F3N8O. The number of aryl methyl sites for hydroxylation is 1. The second-order valence-corrected chi connectivity index (χ2v) is 8.19. The fourth-order valence-electron chi connectivity index (χ4n) is 3.70. The van der Waals surface area contributed by atoms with Gasteiger partial charge in [0.25, 0.3) is 0 Å². The first-order valence-electron chi connectivity index (χ1n) is 11.1. The molecule has 0 aliphatic carbocycles. The Morgan fingerprint density at radius 3 is 2.43 bits per heavy atom. The van der Waals surface area contributed by atoms with Gasteiger partial charge in [-0.1, -0.05) is 6.07 Å². The molecule has 1 aliphatic heterocycles. The van der Waals surface area contributed by atoms with E-state index in [0.29, 0.717) is 49.7 Å². The molecule has 188 valence electrons. The van der Waals surface area contributed by atoms with Crippen LogP contribution in [0.1, 0.15) is 29.4 Å². The lowest BCUT2D eigenvalue weighted by Gasteiger charge is -2.34. The third-order valence-corrected chi connectivity index (χ3v) is 5.82. The van der Waals surface area contributed by atoms with Gasteiger partial charge >= 0.3 is 6.18 Å². The van der Waals surface area contributed by atoms with E-state index in [1.54, 1.807) is 25.9 Å². The van der Waals surface area contributed by atoms with Gasteiger partial charge in [-0.05, 0) is 48.4 Å². The maximum absolute atomic E-state index is 13.3. The minimum absolute atomic E-state index is 0.000899. The van der Waals surface area contributed by atoms with Crippen LogP contribution in [-0.4, -0.2) is 94.2 Å². The van der Waals surface area contributed by atoms with Crippen LogP contribution in [0.4, 0.5) is 13.2 Å². The lowest BCUT2D eigenvalue weighted by atomic mass is 10.0. The van der Waals surface area contributed by atoms with Crippen molar-refractivity contribution in [2.75, 3.05) is 46.8 Å². The monoisotopic (exact) mass is 490 g/mol. The Morgan fingerprint density at radius 2 is 1.86 bits per heavy atom. The first-order chi connectivity index (χ1) is 16.6. The highest BCUT2D eigenvalue weighted by Crippen LogP contribution is 2.31. The first-order valence-corrected chi connectivity index (χ1v) is 11.1. The molecule has 12 heteroatoms. The average molecular weight is 491 g/mol. The molecule has 3 rings (SSSR count). The molecule has 0 spiro atoms. The summed E-state index contributed by atoms with van der Waals surface area (Å²) in [6.07, 6.45) is -1.55. The van der Waals surface area contributed by atoms with Gasteiger partial charge in [0.1, 0.15) is 0 Å². The number of halogens is 3. The predicted molar refractivity (Wildman–Crippen MR) is 128 cm³/mol. The topological polar surface area (TPSA) is 91.9 Å². The molecule has 35 heavy (non-hydrogen) atoms. The van der Waals surface area contributed by atoms with E-state index in [0.717, 1.165) is 23.6 Å². The molecule has 1 fully saturated rings. The molecule has 0 N–H and O–H groups in total. The van der Waals surface area contributed by atoms with Gasteiger partial charge in [0.2, 0.25) is 5.91 Å². The maximum atomic E-state index is 13.3. The van der Waals surface area contributed by atoms with Crippen molar-refractivity contribution in [3.05, 3.63) is 46.8 Å². The van der Waals surface area contributed by atoms with Crippen molar-refractivity contribution in [3.63, 3.8) is 0 Å². The van der Waals surface area contributed by atoms with E-state index in [-0.39, 0.29) is 12.5 Å². The Balaban J connectivity index is 1.68. The zero-order chi connectivity index (χ0) is 25.6. The van der Waals surface area contributed by atoms with Crippen molar-refractivity contribution in [1.29, 1.82) is 0 Å². The van der Waals surface area contributed by atoms with E-state index in [4.69, 9.17) is 0 Å². The summed E-state index contributed by atoms with van der Waals surface area (Å²) in [7, 11) is 3.47. The number of carbonyl (C=O) groups is 1. The fraction of sp³-hybridized carbons (Fsp3) is 0.478. The van der Waals surface area contributed by atoms with E-state index in [2.05, 4.69) is 30.3 Å². The van der Waals surface area contributed by atoms with Crippen LogP contribution in [0, 0.1) is 6.92 Å². The molecule has 1 aromatic heterocycles. The predicted octanol–water partition coefficient (Wildman–Crippen LogP) is 2.37. The number of carbonyl (C=O) groups excluding carboxylic acids is 1. The summed E-state index contributed by atoms with van der Waals surface area (Å²) in [6.45, 7) is 6.71. The van der Waals surface area contributed by atoms with E-state index in [1.807, 2.05) is 6.92 Å². The molecular weight excluding hydrogens is 461 g/mol. The van der Waals surface area contributed by atoms with Crippen molar-refractivity contribution in [2.24, 2.45) is 9.98 Å². The molecule has 1 aliphatic rings.